The van der Waals surface area contributed by atoms with Crippen molar-refractivity contribution in [2.75, 3.05) is 5.75 Å². The van der Waals surface area contributed by atoms with Gasteiger partial charge < -0.3 is 5.11 Å². The lowest BCUT2D eigenvalue weighted by Crippen LogP contribution is -1.99. The highest BCUT2D eigenvalue weighted by molar-refractivity contribution is 7.99. The molecule has 0 aliphatic carbocycles. The number of hydrogen-bond donors (Lipinski definition) is 1. The number of nitrogens with zero attached hydrogens (tertiary/aromatic N) is 1. The lowest BCUT2D eigenvalue weighted by atomic mass is 10.2. The molecule has 0 atom stereocenters. The van der Waals surface area contributed by atoms with Gasteiger partial charge in [-0.1, -0.05) is 19.1 Å². The van der Waals surface area contributed by atoms with Crippen molar-refractivity contribution in [3.05, 3.63) is 36.0 Å². The van der Waals surface area contributed by atoms with Gasteiger partial charge in [-0.2, -0.15) is 0 Å². The summed E-state index contributed by atoms with van der Waals surface area (Å²) in [6.07, 6.45) is 4.02. The molecule has 1 N–H and O–H groups in total. The average molecular weight is 223 g/mol. The van der Waals surface area contributed by atoms with Gasteiger partial charge in [0.05, 0.1) is 5.03 Å². The topological polar surface area (TPSA) is 50.2 Å². The van der Waals surface area contributed by atoms with Crippen LogP contribution in [-0.2, 0) is 4.79 Å². The maximum absolute atomic E-state index is 10.7. The highest BCUT2D eigenvalue weighted by atomic mass is 32.2. The van der Waals surface area contributed by atoms with E-state index in [1.807, 2.05) is 25.1 Å². The Morgan fingerprint density at radius 3 is 2.93 bits per heavy atom. The summed E-state index contributed by atoms with van der Waals surface area (Å²) < 4.78 is 0. The average Bonchev–Trinajstić information content (AvgIpc) is 2.25. The van der Waals surface area contributed by atoms with Crippen LogP contribution in [0.25, 0.3) is 0 Å². The van der Waals surface area contributed by atoms with Crippen LogP contribution in [0.1, 0.15) is 13.3 Å². The summed E-state index contributed by atoms with van der Waals surface area (Å²) in [5, 5.41) is 9.69. The highest BCUT2D eigenvalue weighted by Crippen LogP contribution is 2.15. The third-order valence-electron chi connectivity index (χ3n) is 1.85. The number of carboxylic acids is 1. The number of pyridine rings is 1. The Morgan fingerprint density at radius 1 is 1.60 bits per heavy atom. The van der Waals surface area contributed by atoms with Crippen molar-refractivity contribution in [2.24, 2.45) is 0 Å². The van der Waals surface area contributed by atoms with E-state index in [9.17, 15) is 4.79 Å². The van der Waals surface area contributed by atoms with Crippen molar-refractivity contribution in [1.29, 1.82) is 0 Å². The molecule has 80 valence electrons. The molecule has 0 bridgehead atoms. The molecule has 0 aliphatic heterocycles. The van der Waals surface area contributed by atoms with Gasteiger partial charge in [-0.25, -0.2) is 9.78 Å². The van der Waals surface area contributed by atoms with E-state index in [0.29, 0.717) is 17.7 Å². The van der Waals surface area contributed by atoms with Crippen LogP contribution >= 0.6 is 11.8 Å². The number of aliphatic carboxylic acids is 1. The summed E-state index contributed by atoms with van der Waals surface area (Å²) in [7, 11) is 0. The zero-order valence-electron chi connectivity index (χ0n) is 8.51. The van der Waals surface area contributed by atoms with E-state index in [0.717, 1.165) is 5.03 Å². The molecular weight excluding hydrogens is 210 g/mol. The van der Waals surface area contributed by atoms with Gasteiger partial charge in [-0.3, -0.25) is 0 Å². The zero-order chi connectivity index (χ0) is 11.1. The summed E-state index contributed by atoms with van der Waals surface area (Å²) in [5.41, 5.74) is 0.457. The highest BCUT2D eigenvalue weighted by Gasteiger charge is 2.02. The molecule has 0 fully saturated rings. The molecule has 0 aliphatic rings. The molecule has 3 nitrogen and oxygen atoms in total. The summed E-state index contributed by atoms with van der Waals surface area (Å²) in [6, 6.07) is 5.68. The van der Waals surface area contributed by atoms with Crippen LogP contribution in [0.2, 0.25) is 0 Å². The minimum absolute atomic E-state index is 0.457. The molecule has 0 aromatic carbocycles. The Kier molecular flexibility index (Phi) is 4.90. The van der Waals surface area contributed by atoms with Crippen LogP contribution in [0.4, 0.5) is 0 Å². The van der Waals surface area contributed by atoms with Gasteiger partial charge in [-0.05, 0) is 18.6 Å². The lowest BCUT2D eigenvalue weighted by Gasteiger charge is -1.98. The quantitative estimate of drug-likeness (QED) is 0.615. The fraction of sp³-hybridized carbons (Fsp3) is 0.273. The predicted octanol–water partition coefficient (Wildman–Crippen LogP) is 2.59. The standard InChI is InChI=1S/C11H13NO2S/c1-2-9(11(13)14)6-8-15-10-5-3-4-7-12-10/h3-7H,2,8H2,1H3,(H,13,14). The van der Waals surface area contributed by atoms with E-state index in [1.165, 1.54) is 11.8 Å². The van der Waals surface area contributed by atoms with Gasteiger partial charge in [0.1, 0.15) is 0 Å². The maximum Gasteiger partial charge on any atom is 0.331 e. The van der Waals surface area contributed by atoms with Crippen molar-refractivity contribution in [2.45, 2.75) is 18.4 Å². The first-order chi connectivity index (χ1) is 7.24. The molecule has 0 unspecified atom stereocenters. The van der Waals surface area contributed by atoms with Crippen molar-refractivity contribution in [3.8, 4) is 0 Å². The Hall–Kier alpha value is -1.29. The van der Waals surface area contributed by atoms with Crippen LogP contribution in [0.3, 0.4) is 0 Å². The van der Waals surface area contributed by atoms with E-state index >= 15 is 0 Å². The first-order valence-electron chi connectivity index (χ1n) is 4.70. The first kappa shape index (κ1) is 11.8. The fourth-order valence-corrected chi connectivity index (χ4v) is 1.81. The number of aromatic nitrogens is 1. The molecule has 15 heavy (non-hydrogen) atoms. The van der Waals surface area contributed by atoms with Crippen molar-refractivity contribution in [3.63, 3.8) is 0 Å². The lowest BCUT2D eigenvalue weighted by molar-refractivity contribution is -0.132. The third kappa shape index (κ3) is 4.16. The van der Waals surface area contributed by atoms with E-state index in [-0.39, 0.29) is 0 Å². The third-order valence-corrected chi connectivity index (χ3v) is 2.72. The zero-order valence-corrected chi connectivity index (χ0v) is 9.33. The van der Waals surface area contributed by atoms with Gasteiger partial charge in [0.2, 0.25) is 0 Å². The minimum Gasteiger partial charge on any atom is -0.478 e. The summed E-state index contributed by atoms with van der Waals surface area (Å²) in [6.45, 7) is 1.84. The molecule has 1 rings (SSSR count). The van der Waals surface area contributed by atoms with Crippen LogP contribution in [0.15, 0.2) is 41.1 Å². The van der Waals surface area contributed by atoms with Gasteiger partial charge >= 0.3 is 5.97 Å². The summed E-state index contributed by atoms with van der Waals surface area (Å²) in [5.74, 6) is -0.189. The first-order valence-corrected chi connectivity index (χ1v) is 5.68. The smallest absolute Gasteiger partial charge is 0.331 e. The van der Waals surface area contributed by atoms with Gasteiger partial charge in [0, 0.05) is 17.5 Å². The Balaban J connectivity index is 2.48. The Bertz CT molecular complexity index is 349. The molecular formula is C11H13NO2S. The number of carbonyl (C=O) groups is 1. The normalized spacial score (nSPS) is 11.4. The molecule has 4 heteroatoms. The van der Waals surface area contributed by atoms with E-state index in [4.69, 9.17) is 5.11 Å². The van der Waals surface area contributed by atoms with Crippen LogP contribution < -0.4 is 0 Å². The predicted molar refractivity (Wildman–Crippen MR) is 61.0 cm³/mol. The second kappa shape index (κ2) is 6.24. The molecule has 1 heterocycles. The molecule has 0 spiro atoms. The maximum atomic E-state index is 10.7. The number of thioether (sulfide) groups is 1. The SMILES string of the molecule is CCC(=CCSc1ccccn1)C(=O)O. The second-order valence-electron chi connectivity index (χ2n) is 2.87. The van der Waals surface area contributed by atoms with Gasteiger partial charge in [0.15, 0.2) is 0 Å². The number of rotatable bonds is 5. The van der Waals surface area contributed by atoms with Crippen molar-refractivity contribution >= 4 is 17.7 Å². The number of carboxylic acid groups (broad SMARTS) is 1. The molecule has 0 saturated heterocycles. The van der Waals surface area contributed by atoms with Crippen LogP contribution in [0, 0.1) is 0 Å². The van der Waals surface area contributed by atoms with Crippen LogP contribution in [-0.4, -0.2) is 21.8 Å². The molecule has 1 aromatic rings. The molecule has 0 amide bonds. The molecule has 0 radical (unpaired) electrons. The van der Waals surface area contributed by atoms with E-state index < -0.39 is 5.97 Å². The van der Waals surface area contributed by atoms with Crippen LogP contribution in [0.5, 0.6) is 0 Å². The minimum atomic E-state index is -0.834. The van der Waals surface area contributed by atoms with Crippen molar-refractivity contribution in [1.82, 2.24) is 4.98 Å². The Morgan fingerprint density at radius 2 is 2.40 bits per heavy atom. The fourth-order valence-electron chi connectivity index (χ4n) is 1.04. The van der Waals surface area contributed by atoms with Gasteiger partial charge in [0.25, 0.3) is 0 Å². The van der Waals surface area contributed by atoms with Gasteiger partial charge in [-0.15, -0.1) is 11.8 Å². The Labute approximate surface area is 93.2 Å². The number of hydrogen-bond acceptors (Lipinski definition) is 3. The van der Waals surface area contributed by atoms with E-state index in [2.05, 4.69) is 4.98 Å². The second-order valence-corrected chi connectivity index (χ2v) is 3.91. The summed E-state index contributed by atoms with van der Waals surface area (Å²) in [4.78, 5) is 14.8. The van der Waals surface area contributed by atoms with Crippen molar-refractivity contribution < 1.29 is 9.90 Å². The molecule has 1 aromatic heterocycles. The summed E-state index contributed by atoms with van der Waals surface area (Å²) >= 11 is 1.53. The largest absolute Gasteiger partial charge is 0.478 e. The molecule has 0 saturated carbocycles. The van der Waals surface area contributed by atoms with E-state index in [1.54, 1.807) is 12.3 Å². The monoisotopic (exact) mass is 223 g/mol.